The molecular formula is C16H33N3O3. The third-order valence-corrected chi connectivity index (χ3v) is 3.83. The predicted molar refractivity (Wildman–Crippen MR) is 88.9 cm³/mol. The van der Waals surface area contributed by atoms with Crippen molar-refractivity contribution in [2.45, 2.75) is 71.9 Å². The number of hydrogen-bond acceptors (Lipinski definition) is 3. The van der Waals surface area contributed by atoms with Gasteiger partial charge in [0, 0.05) is 31.7 Å². The lowest BCUT2D eigenvalue weighted by Crippen LogP contribution is -2.38. The standard InChI is InChI=1S/C9H19NO2.C7H14N2O/c1-7(2)10(8(3)4)6-5-9(11)12;8-7(10)9-5-3-1-2-4-6-9/h7-8H,5-6H2,1-4H3,(H,11,12);1-6H2,(H2,8,10). The molecule has 0 aromatic carbocycles. The Balaban J connectivity index is 0.000000406. The van der Waals surface area contributed by atoms with Gasteiger partial charge in [-0.05, 0) is 40.5 Å². The fourth-order valence-corrected chi connectivity index (χ4v) is 2.63. The van der Waals surface area contributed by atoms with E-state index in [0.29, 0.717) is 18.6 Å². The molecule has 1 fully saturated rings. The van der Waals surface area contributed by atoms with Gasteiger partial charge in [-0.1, -0.05) is 12.8 Å². The molecule has 0 aromatic rings. The van der Waals surface area contributed by atoms with E-state index >= 15 is 0 Å². The first-order valence-electron chi connectivity index (χ1n) is 8.27. The molecule has 0 saturated carbocycles. The van der Waals surface area contributed by atoms with E-state index in [1.165, 1.54) is 12.8 Å². The van der Waals surface area contributed by atoms with E-state index in [1.54, 1.807) is 4.90 Å². The number of nitrogens with two attached hydrogens (primary N) is 1. The summed E-state index contributed by atoms with van der Waals surface area (Å²) in [5, 5.41) is 8.50. The number of nitrogens with zero attached hydrogens (tertiary/aromatic N) is 2. The highest BCUT2D eigenvalue weighted by Gasteiger charge is 2.13. The fraction of sp³-hybridized carbons (Fsp3) is 0.875. The summed E-state index contributed by atoms with van der Waals surface area (Å²) < 4.78 is 0. The quantitative estimate of drug-likeness (QED) is 0.816. The molecule has 6 nitrogen and oxygen atoms in total. The molecular weight excluding hydrogens is 282 g/mol. The van der Waals surface area contributed by atoms with Crippen LogP contribution in [0.25, 0.3) is 0 Å². The van der Waals surface area contributed by atoms with Crippen molar-refractivity contribution in [1.29, 1.82) is 0 Å². The van der Waals surface area contributed by atoms with E-state index < -0.39 is 5.97 Å². The maximum atomic E-state index is 10.7. The minimum absolute atomic E-state index is 0.232. The van der Waals surface area contributed by atoms with Gasteiger partial charge in [0.2, 0.25) is 0 Å². The van der Waals surface area contributed by atoms with Gasteiger partial charge in [-0.3, -0.25) is 9.69 Å². The number of carbonyl (C=O) groups excluding carboxylic acids is 1. The Kier molecular flexibility index (Phi) is 10.6. The predicted octanol–water partition coefficient (Wildman–Crippen LogP) is 2.52. The molecule has 1 heterocycles. The highest BCUT2D eigenvalue weighted by molar-refractivity contribution is 5.71. The lowest BCUT2D eigenvalue weighted by Gasteiger charge is -2.29. The zero-order chi connectivity index (χ0) is 17.1. The van der Waals surface area contributed by atoms with E-state index in [-0.39, 0.29) is 12.5 Å². The molecule has 2 amide bonds. The number of rotatable bonds is 5. The average Bonchev–Trinajstić information content (AvgIpc) is 2.67. The van der Waals surface area contributed by atoms with Crippen LogP contribution in [-0.2, 0) is 4.79 Å². The number of urea groups is 1. The third kappa shape index (κ3) is 9.60. The number of primary amides is 1. The van der Waals surface area contributed by atoms with Crippen LogP contribution >= 0.6 is 0 Å². The van der Waals surface area contributed by atoms with Crippen molar-refractivity contribution < 1.29 is 14.7 Å². The van der Waals surface area contributed by atoms with E-state index in [4.69, 9.17) is 10.8 Å². The smallest absolute Gasteiger partial charge is 0.314 e. The molecule has 1 aliphatic rings. The monoisotopic (exact) mass is 315 g/mol. The number of carbonyl (C=O) groups is 2. The number of carboxylic acids is 1. The summed E-state index contributed by atoms with van der Waals surface area (Å²) in [4.78, 5) is 24.9. The molecule has 130 valence electrons. The molecule has 0 aromatic heterocycles. The molecule has 0 spiro atoms. The molecule has 0 unspecified atom stereocenters. The van der Waals surface area contributed by atoms with Crippen LogP contribution in [0.3, 0.4) is 0 Å². The van der Waals surface area contributed by atoms with E-state index in [2.05, 4.69) is 32.6 Å². The Morgan fingerprint density at radius 2 is 1.50 bits per heavy atom. The first-order chi connectivity index (χ1) is 10.3. The van der Waals surface area contributed by atoms with Crippen LogP contribution in [0, 0.1) is 0 Å². The van der Waals surface area contributed by atoms with E-state index in [1.807, 2.05) is 0 Å². The van der Waals surface area contributed by atoms with Crippen molar-refractivity contribution in [2.75, 3.05) is 19.6 Å². The van der Waals surface area contributed by atoms with Gasteiger partial charge in [0.1, 0.15) is 0 Å². The van der Waals surface area contributed by atoms with Crippen LogP contribution in [0.4, 0.5) is 4.79 Å². The highest BCUT2D eigenvalue weighted by Crippen LogP contribution is 2.08. The summed E-state index contributed by atoms with van der Waals surface area (Å²) in [7, 11) is 0. The van der Waals surface area contributed by atoms with Crippen molar-refractivity contribution in [3.63, 3.8) is 0 Å². The van der Waals surface area contributed by atoms with Crippen molar-refractivity contribution >= 4 is 12.0 Å². The largest absolute Gasteiger partial charge is 0.481 e. The second-order valence-corrected chi connectivity index (χ2v) is 6.31. The van der Waals surface area contributed by atoms with Crippen LogP contribution in [0.5, 0.6) is 0 Å². The minimum Gasteiger partial charge on any atom is -0.481 e. The lowest BCUT2D eigenvalue weighted by molar-refractivity contribution is -0.137. The topological polar surface area (TPSA) is 86.9 Å². The Morgan fingerprint density at radius 3 is 1.82 bits per heavy atom. The number of carboxylic acid groups (broad SMARTS) is 1. The average molecular weight is 315 g/mol. The normalized spacial score (nSPS) is 15.5. The second-order valence-electron chi connectivity index (χ2n) is 6.31. The molecule has 3 N–H and O–H groups in total. The zero-order valence-corrected chi connectivity index (χ0v) is 14.5. The molecule has 0 radical (unpaired) electrons. The Labute approximate surface area is 134 Å². The Hall–Kier alpha value is -1.30. The fourth-order valence-electron chi connectivity index (χ4n) is 2.63. The van der Waals surface area contributed by atoms with Crippen molar-refractivity contribution in [3.8, 4) is 0 Å². The Morgan fingerprint density at radius 1 is 1.05 bits per heavy atom. The maximum absolute atomic E-state index is 10.7. The van der Waals surface area contributed by atoms with Gasteiger partial charge < -0.3 is 15.7 Å². The van der Waals surface area contributed by atoms with Gasteiger partial charge in [-0.25, -0.2) is 4.79 Å². The zero-order valence-electron chi connectivity index (χ0n) is 14.5. The van der Waals surface area contributed by atoms with Crippen LogP contribution < -0.4 is 5.73 Å². The summed E-state index contributed by atoms with van der Waals surface area (Å²) in [6, 6.07) is 0.579. The van der Waals surface area contributed by atoms with E-state index in [0.717, 1.165) is 25.9 Å². The maximum Gasteiger partial charge on any atom is 0.314 e. The van der Waals surface area contributed by atoms with Gasteiger partial charge in [0.05, 0.1) is 6.42 Å². The summed E-state index contributed by atoms with van der Waals surface area (Å²) in [6.07, 6.45) is 4.94. The van der Waals surface area contributed by atoms with Gasteiger partial charge in [0.15, 0.2) is 0 Å². The molecule has 6 heteroatoms. The third-order valence-electron chi connectivity index (χ3n) is 3.83. The summed E-state index contributed by atoms with van der Waals surface area (Å²) in [5.74, 6) is -0.721. The van der Waals surface area contributed by atoms with Crippen LogP contribution in [0.2, 0.25) is 0 Å². The second kappa shape index (κ2) is 11.3. The van der Waals surface area contributed by atoms with Crippen molar-refractivity contribution in [2.24, 2.45) is 5.73 Å². The summed E-state index contributed by atoms with van der Waals surface area (Å²) in [5.41, 5.74) is 5.12. The van der Waals surface area contributed by atoms with Gasteiger partial charge in [-0.2, -0.15) is 0 Å². The van der Waals surface area contributed by atoms with Crippen molar-refractivity contribution in [3.05, 3.63) is 0 Å². The van der Waals surface area contributed by atoms with Gasteiger partial charge >= 0.3 is 12.0 Å². The molecule has 1 aliphatic heterocycles. The molecule has 0 aliphatic carbocycles. The number of hydrogen-bond donors (Lipinski definition) is 2. The minimum atomic E-state index is -0.721. The van der Waals surface area contributed by atoms with E-state index in [9.17, 15) is 9.59 Å². The number of amides is 2. The molecule has 22 heavy (non-hydrogen) atoms. The Bertz CT molecular complexity index is 317. The number of aliphatic carboxylic acids is 1. The van der Waals surface area contributed by atoms with Crippen molar-refractivity contribution in [1.82, 2.24) is 9.80 Å². The first kappa shape index (κ1) is 20.7. The van der Waals surface area contributed by atoms with Crippen LogP contribution in [-0.4, -0.2) is 58.6 Å². The van der Waals surface area contributed by atoms with Crippen LogP contribution in [0.1, 0.15) is 59.8 Å². The van der Waals surface area contributed by atoms with Gasteiger partial charge in [-0.15, -0.1) is 0 Å². The molecule has 0 atom stereocenters. The lowest BCUT2D eigenvalue weighted by atomic mass is 10.2. The van der Waals surface area contributed by atoms with Crippen LogP contribution in [0.15, 0.2) is 0 Å². The molecule has 0 bridgehead atoms. The number of likely N-dealkylation sites (tertiary alicyclic amines) is 1. The molecule has 1 saturated heterocycles. The SMILES string of the molecule is CC(C)N(CCC(=O)O)C(C)C.NC(=O)N1CCCCCC1. The summed E-state index contributed by atoms with van der Waals surface area (Å²) in [6.45, 7) is 10.7. The first-order valence-corrected chi connectivity index (χ1v) is 8.27. The summed E-state index contributed by atoms with van der Waals surface area (Å²) >= 11 is 0. The molecule has 1 rings (SSSR count). The highest BCUT2D eigenvalue weighted by atomic mass is 16.4. The van der Waals surface area contributed by atoms with Gasteiger partial charge in [0.25, 0.3) is 0 Å².